The summed E-state index contributed by atoms with van der Waals surface area (Å²) in [5.41, 5.74) is 1.46. The molecule has 26 heavy (non-hydrogen) atoms. The number of carboxylic acids is 1. The molecule has 3 aromatic rings. The number of carboxylic acid groups (broad SMARTS) is 1. The van der Waals surface area contributed by atoms with E-state index in [4.69, 9.17) is 11.6 Å². The number of anilines is 1. The summed E-state index contributed by atoms with van der Waals surface area (Å²) < 4.78 is 26.7. The Balaban J connectivity index is 1.76. The van der Waals surface area contributed by atoms with Crippen molar-refractivity contribution in [2.24, 2.45) is 0 Å². The van der Waals surface area contributed by atoms with Crippen molar-refractivity contribution in [1.82, 2.24) is 4.98 Å². The van der Waals surface area contributed by atoms with E-state index in [9.17, 15) is 18.7 Å². The van der Waals surface area contributed by atoms with Gasteiger partial charge in [0, 0.05) is 28.5 Å². The average Bonchev–Trinajstić information content (AvgIpc) is 3.04. The maximum atomic E-state index is 13.3. The Bertz CT molecular complexity index is 911. The number of aliphatic carboxylic acids is 1. The lowest BCUT2D eigenvalue weighted by atomic mass is 10.1. The lowest BCUT2D eigenvalue weighted by Gasteiger charge is -2.13. The largest absolute Gasteiger partial charge is 0.480 e. The van der Waals surface area contributed by atoms with Crippen LogP contribution in [0.1, 0.15) is 5.56 Å². The molecule has 4 nitrogen and oxygen atoms in total. The summed E-state index contributed by atoms with van der Waals surface area (Å²) in [6.45, 7) is 0. The molecule has 1 aromatic heterocycles. The minimum atomic E-state index is -1.03. The fourth-order valence-corrected chi connectivity index (χ4v) is 3.28. The lowest BCUT2D eigenvalue weighted by Crippen LogP contribution is -2.31. The van der Waals surface area contributed by atoms with Crippen LogP contribution in [0.15, 0.2) is 47.8 Å². The zero-order chi connectivity index (χ0) is 18.7. The van der Waals surface area contributed by atoms with Gasteiger partial charge in [-0.2, -0.15) is 0 Å². The number of hydrogen-bond acceptors (Lipinski definition) is 4. The second kappa shape index (κ2) is 7.80. The standard InChI is InChI=1S/C18H13ClF2N2O2S/c19-12-3-1-10(2-4-12)5-15(17(24)25)22-18-23-16(9-26-18)11-6-13(20)8-14(21)7-11/h1-4,6-9,15H,5H2,(H,22,23)(H,24,25). The average molecular weight is 395 g/mol. The maximum Gasteiger partial charge on any atom is 0.326 e. The Morgan fingerprint density at radius 3 is 2.46 bits per heavy atom. The van der Waals surface area contributed by atoms with Gasteiger partial charge >= 0.3 is 5.97 Å². The second-order valence-electron chi connectivity index (χ2n) is 5.56. The van der Waals surface area contributed by atoms with Crippen molar-refractivity contribution in [3.8, 4) is 11.3 Å². The van der Waals surface area contributed by atoms with Crippen molar-refractivity contribution in [2.45, 2.75) is 12.5 Å². The minimum absolute atomic E-state index is 0.232. The number of carbonyl (C=O) groups is 1. The van der Waals surface area contributed by atoms with Gasteiger partial charge < -0.3 is 10.4 Å². The summed E-state index contributed by atoms with van der Waals surface area (Å²) in [5.74, 6) is -2.43. The fraction of sp³-hybridized carbons (Fsp3) is 0.111. The predicted molar refractivity (Wildman–Crippen MR) is 97.7 cm³/mol. The van der Waals surface area contributed by atoms with E-state index in [1.807, 2.05) is 0 Å². The summed E-state index contributed by atoms with van der Waals surface area (Å²) in [6.07, 6.45) is 0.232. The highest BCUT2D eigenvalue weighted by molar-refractivity contribution is 7.14. The molecule has 1 unspecified atom stereocenters. The third kappa shape index (κ3) is 4.56. The highest BCUT2D eigenvalue weighted by Crippen LogP contribution is 2.27. The van der Waals surface area contributed by atoms with Crippen molar-refractivity contribution in [1.29, 1.82) is 0 Å². The molecule has 134 valence electrons. The normalized spacial score (nSPS) is 12.0. The molecule has 0 aliphatic heterocycles. The summed E-state index contributed by atoms with van der Waals surface area (Å²) in [4.78, 5) is 15.8. The van der Waals surface area contributed by atoms with E-state index in [0.717, 1.165) is 23.0 Å². The summed E-state index contributed by atoms with van der Waals surface area (Å²) in [6, 6.07) is 9.10. The molecule has 2 N–H and O–H groups in total. The SMILES string of the molecule is O=C(O)C(Cc1ccc(Cl)cc1)Nc1nc(-c2cc(F)cc(F)c2)cs1. The summed E-state index contributed by atoms with van der Waals surface area (Å²) >= 11 is 6.99. The van der Waals surface area contributed by atoms with Crippen LogP contribution in [-0.4, -0.2) is 22.1 Å². The Hall–Kier alpha value is -2.51. The smallest absolute Gasteiger partial charge is 0.326 e. The molecular formula is C18H13ClF2N2O2S. The van der Waals surface area contributed by atoms with E-state index in [1.165, 1.54) is 12.1 Å². The molecule has 0 radical (unpaired) electrons. The van der Waals surface area contributed by atoms with Gasteiger partial charge in [-0.25, -0.2) is 18.6 Å². The zero-order valence-corrected chi connectivity index (χ0v) is 14.8. The lowest BCUT2D eigenvalue weighted by molar-refractivity contribution is -0.137. The molecule has 1 heterocycles. The van der Waals surface area contributed by atoms with Crippen LogP contribution in [0, 0.1) is 11.6 Å². The molecule has 0 fully saturated rings. The number of benzene rings is 2. The third-order valence-electron chi connectivity index (χ3n) is 3.61. The maximum absolute atomic E-state index is 13.3. The first-order chi connectivity index (χ1) is 12.4. The van der Waals surface area contributed by atoms with Crippen molar-refractivity contribution < 1.29 is 18.7 Å². The van der Waals surface area contributed by atoms with Crippen LogP contribution in [0.5, 0.6) is 0 Å². The molecule has 1 atom stereocenters. The van der Waals surface area contributed by atoms with Gasteiger partial charge in [-0.15, -0.1) is 11.3 Å². The van der Waals surface area contributed by atoms with Gasteiger partial charge in [-0.3, -0.25) is 0 Å². The highest BCUT2D eigenvalue weighted by atomic mass is 35.5. The molecule has 3 rings (SSSR count). The van der Waals surface area contributed by atoms with E-state index >= 15 is 0 Å². The molecule has 0 spiro atoms. The third-order valence-corrected chi connectivity index (χ3v) is 4.64. The van der Waals surface area contributed by atoms with E-state index < -0.39 is 23.6 Å². The topological polar surface area (TPSA) is 62.2 Å². The quantitative estimate of drug-likeness (QED) is 0.627. The van der Waals surface area contributed by atoms with E-state index in [0.29, 0.717) is 15.8 Å². The van der Waals surface area contributed by atoms with Crippen molar-refractivity contribution in [3.05, 3.63) is 70.1 Å². The Morgan fingerprint density at radius 1 is 1.19 bits per heavy atom. The molecule has 0 aliphatic rings. The number of thiazole rings is 1. The molecule has 8 heteroatoms. The van der Waals surface area contributed by atoms with Gasteiger partial charge in [-0.05, 0) is 29.8 Å². The van der Waals surface area contributed by atoms with Crippen LogP contribution in [-0.2, 0) is 11.2 Å². The van der Waals surface area contributed by atoms with Crippen LogP contribution in [0.25, 0.3) is 11.3 Å². The summed E-state index contributed by atoms with van der Waals surface area (Å²) in [7, 11) is 0. The first-order valence-electron chi connectivity index (χ1n) is 7.56. The number of nitrogens with one attached hydrogen (secondary N) is 1. The molecule has 0 amide bonds. The van der Waals surface area contributed by atoms with Crippen molar-refractivity contribution >= 4 is 34.0 Å². The second-order valence-corrected chi connectivity index (χ2v) is 6.86. The molecule has 0 saturated heterocycles. The molecule has 2 aromatic carbocycles. The van der Waals surface area contributed by atoms with Crippen LogP contribution >= 0.6 is 22.9 Å². The van der Waals surface area contributed by atoms with Gasteiger partial charge in [0.05, 0.1) is 5.69 Å². The number of aromatic nitrogens is 1. The number of halogens is 3. The molecule has 0 aliphatic carbocycles. The highest BCUT2D eigenvalue weighted by Gasteiger charge is 2.19. The molecule has 0 bridgehead atoms. The Labute approximate surface area is 157 Å². The van der Waals surface area contributed by atoms with E-state index in [1.54, 1.807) is 29.6 Å². The van der Waals surface area contributed by atoms with Gasteiger partial charge in [0.1, 0.15) is 17.7 Å². The first kappa shape index (κ1) is 18.3. The van der Waals surface area contributed by atoms with Crippen LogP contribution in [0.3, 0.4) is 0 Å². The van der Waals surface area contributed by atoms with Crippen LogP contribution < -0.4 is 5.32 Å². The monoisotopic (exact) mass is 394 g/mol. The van der Waals surface area contributed by atoms with Gasteiger partial charge in [0.25, 0.3) is 0 Å². The molecular weight excluding hydrogens is 382 g/mol. The van der Waals surface area contributed by atoms with Gasteiger partial charge in [0.15, 0.2) is 5.13 Å². The zero-order valence-electron chi connectivity index (χ0n) is 13.2. The molecule has 0 saturated carbocycles. The van der Waals surface area contributed by atoms with Crippen LogP contribution in [0.4, 0.5) is 13.9 Å². The van der Waals surface area contributed by atoms with Crippen LogP contribution in [0.2, 0.25) is 5.02 Å². The van der Waals surface area contributed by atoms with E-state index in [-0.39, 0.29) is 12.0 Å². The minimum Gasteiger partial charge on any atom is -0.480 e. The Morgan fingerprint density at radius 2 is 1.85 bits per heavy atom. The Kier molecular flexibility index (Phi) is 5.49. The number of nitrogens with zero attached hydrogens (tertiary/aromatic N) is 1. The predicted octanol–water partition coefficient (Wildman–Crippen LogP) is 4.85. The van der Waals surface area contributed by atoms with Crippen molar-refractivity contribution in [2.75, 3.05) is 5.32 Å². The van der Waals surface area contributed by atoms with Crippen molar-refractivity contribution in [3.63, 3.8) is 0 Å². The fourth-order valence-electron chi connectivity index (χ4n) is 2.38. The van der Waals surface area contributed by atoms with E-state index in [2.05, 4.69) is 10.3 Å². The van der Waals surface area contributed by atoms with Gasteiger partial charge in [-0.1, -0.05) is 23.7 Å². The summed E-state index contributed by atoms with van der Waals surface area (Å²) in [5, 5.41) is 14.8. The first-order valence-corrected chi connectivity index (χ1v) is 8.82. The van der Waals surface area contributed by atoms with Gasteiger partial charge in [0.2, 0.25) is 0 Å². The number of rotatable bonds is 6. The number of hydrogen-bond donors (Lipinski definition) is 2.